The molecule has 19 heavy (non-hydrogen) atoms. The fraction of sp³-hybridized carbons (Fsp3) is 0.889. The molecule has 0 fully saturated rings. The van der Waals surface area contributed by atoms with Crippen LogP contribution in [0.1, 0.15) is 90.9 Å². The first-order chi connectivity index (χ1) is 9.35. The van der Waals surface area contributed by atoms with E-state index in [1.54, 1.807) is 0 Å². The Balaban J connectivity index is 3.32. The second-order valence-corrected chi connectivity index (χ2v) is 5.75. The molecular formula is C18H37N. The summed E-state index contributed by atoms with van der Waals surface area (Å²) in [6.07, 6.45) is 18.7. The molecular weight excluding hydrogens is 230 g/mol. The molecule has 0 aliphatic rings. The fourth-order valence-electron chi connectivity index (χ4n) is 2.48. The summed E-state index contributed by atoms with van der Waals surface area (Å²) in [7, 11) is 0. The Bertz CT molecular complexity index is 161. The second kappa shape index (κ2) is 15.6. The molecule has 0 aromatic rings. The highest BCUT2D eigenvalue weighted by atomic mass is 15.1. The normalized spacial score (nSPS) is 10.6. The Labute approximate surface area is 122 Å². The van der Waals surface area contributed by atoms with E-state index < -0.39 is 0 Å². The summed E-state index contributed by atoms with van der Waals surface area (Å²) in [4.78, 5) is 2.42. The highest BCUT2D eigenvalue weighted by Crippen LogP contribution is 2.08. The summed E-state index contributed by atoms with van der Waals surface area (Å²) >= 11 is 0. The van der Waals surface area contributed by atoms with E-state index in [4.69, 9.17) is 0 Å². The van der Waals surface area contributed by atoms with Crippen LogP contribution >= 0.6 is 0 Å². The lowest BCUT2D eigenvalue weighted by Gasteiger charge is -2.19. The van der Waals surface area contributed by atoms with Crippen molar-refractivity contribution in [3.8, 4) is 0 Å². The summed E-state index contributed by atoms with van der Waals surface area (Å²) in [5, 5.41) is 0. The van der Waals surface area contributed by atoms with E-state index in [2.05, 4.69) is 25.3 Å². The molecule has 0 rings (SSSR count). The van der Waals surface area contributed by atoms with Crippen LogP contribution in [0.2, 0.25) is 0 Å². The highest BCUT2D eigenvalue weighted by Gasteiger charge is 1.99. The molecule has 0 saturated carbocycles. The summed E-state index contributed by atoms with van der Waals surface area (Å²) in [5.74, 6) is 0. The Morgan fingerprint density at radius 3 is 1.37 bits per heavy atom. The monoisotopic (exact) mass is 267 g/mol. The Hall–Kier alpha value is -0.460. The molecule has 1 heteroatoms. The minimum Gasteiger partial charge on any atom is -0.378 e. The van der Waals surface area contributed by atoms with Crippen molar-refractivity contribution < 1.29 is 0 Å². The molecule has 0 radical (unpaired) electrons. The average Bonchev–Trinajstić information content (AvgIpc) is 2.44. The summed E-state index contributed by atoms with van der Waals surface area (Å²) in [6, 6.07) is 0. The van der Waals surface area contributed by atoms with Gasteiger partial charge < -0.3 is 4.90 Å². The molecule has 0 aromatic heterocycles. The van der Waals surface area contributed by atoms with Gasteiger partial charge in [0.15, 0.2) is 0 Å². The number of rotatable bonds is 15. The molecule has 0 amide bonds. The van der Waals surface area contributed by atoms with E-state index in [9.17, 15) is 0 Å². The number of unbranched alkanes of at least 4 members (excludes halogenated alkanes) is 10. The van der Waals surface area contributed by atoms with Gasteiger partial charge in [-0.15, -0.1) is 0 Å². The van der Waals surface area contributed by atoms with Crippen LogP contribution in [0, 0.1) is 0 Å². The van der Waals surface area contributed by atoms with Crippen molar-refractivity contribution >= 4 is 0 Å². The third-order valence-corrected chi connectivity index (χ3v) is 3.86. The van der Waals surface area contributed by atoms with Crippen molar-refractivity contribution in [1.29, 1.82) is 0 Å². The largest absolute Gasteiger partial charge is 0.378 e. The summed E-state index contributed by atoms with van der Waals surface area (Å²) in [5.41, 5.74) is 0. The zero-order valence-electron chi connectivity index (χ0n) is 13.6. The first-order valence-corrected chi connectivity index (χ1v) is 8.71. The maximum atomic E-state index is 3.94. The van der Waals surface area contributed by atoms with E-state index in [0.717, 1.165) is 0 Å². The van der Waals surface area contributed by atoms with Crippen molar-refractivity contribution in [3.63, 3.8) is 0 Å². The van der Waals surface area contributed by atoms with Crippen LogP contribution in [0.25, 0.3) is 0 Å². The molecule has 0 unspecified atom stereocenters. The van der Waals surface area contributed by atoms with Gasteiger partial charge in [0.2, 0.25) is 0 Å². The lowest BCUT2D eigenvalue weighted by Crippen LogP contribution is -2.19. The molecule has 114 valence electrons. The van der Waals surface area contributed by atoms with E-state index in [0.29, 0.717) is 0 Å². The van der Waals surface area contributed by atoms with E-state index >= 15 is 0 Å². The van der Waals surface area contributed by atoms with Gasteiger partial charge in [-0.1, -0.05) is 84.6 Å². The molecule has 1 nitrogen and oxygen atoms in total. The molecule has 0 aromatic carbocycles. The minimum atomic E-state index is 1.21. The van der Waals surface area contributed by atoms with Crippen molar-refractivity contribution in [2.45, 2.75) is 90.9 Å². The minimum absolute atomic E-state index is 1.21. The molecule has 0 atom stereocenters. The van der Waals surface area contributed by atoms with Gasteiger partial charge in [0.05, 0.1) is 0 Å². The number of nitrogens with zero attached hydrogens (tertiary/aromatic N) is 1. The van der Waals surface area contributed by atoms with Gasteiger partial charge in [-0.05, 0) is 19.0 Å². The molecule has 0 saturated heterocycles. The zero-order valence-corrected chi connectivity index (χ0v) is 13.6. The lowest BCUT2D eigenvalue weighted by atomic mass is 10.1. The third-order valence-electron chi connectivity index (χ3n) is 3.86. The maximum Gasteiger partial charge on any atom is 0.0172 e. The molecule has 0 aliphatic heterocycles. The first-order valence-electron chi connectivity index (χ1n) is 8.71. The maximum absolute atomic E-state index is 3.94. The molecule has 0 spiro atoms. The van der Waals surface area contributed by atoms with Crippen LogP contribution in [-0.4, -0.2) is 18.0 Å². The van der Waals surface area contributed by atoms with E-state index in [-0.39, 0.29) is 0 Å². The molecule has 0 heterocycles. The molecule has 0 bridgehead atoms. The van der Waals surface area contributed by atoms with Crippen molar-refractivity contribution in [3.05, 3.63) is 12.8 Å². The third kappa shape index (κ3) is 13.8. The molecule has 0 N–H and O–H groups in total. The Morgan fingerprint density at radius 1 is 0.632 bits per heavy atom. The predicted octanol–water partition coefficient (Wildman–Crippen LogP) is 6.15. The van der Waals surface area contributed by atoms with Crippen LogP contribution in [0.4, 0.5) is 0 Å². The van der Waals surface area contributed by atoms with Gasteiger partial charge in [-0.2, -0.15) is 0 Å². The van der Waals surface area contributed by atoms with Gasteiger partial charge in [0.1, 0.15) is 0 Å². The van der Waals surface area contributed by atoms with Crippen molar-refractivity contribution in [2.24, 2.45) is 0 Å². The van der Waals surface area contributed by atoms with Gasteiger partial charge in [-0.3, -0.25) is 0 Å². The lowest BCUT2D eigenvalue weighted by molar-refractivity contribution is 0.350. The van der Waals surface area contributed by atoms with Gasteiger partial charge >= 0.3 is 0 Å². The Kier molecular flexibility index (Phi) is 15.2. The van der Waals surface area contributed by atoms with Crippen LogP contribution in [-0.2, 0) is 0 Å². The highest BCUT2D eigenvalue weighted by molar-refractivity contribution is 4.70. The van der Waals surface area contributed by atoms with Crippen LogP contribution < -0.4 is 0 Å². The van der Waals surface area contributed by atoms with Crippen LogP contribution in [0.3, 0.4) is 0 Å². The SMILES string of the molecule is C=CN(CCCCCCCC)CCCCCCCC. The Morgan fingerprint density at radius 2 is 1.00 bits per heavy atom. The number of hydrogen-bond acceptors (Lipinski definition) is 1. The average molecular weight is 268 g/mol. The van der Waals surface area contributed by atoms with Gasteiger partial charge in [0.25, 0.3) is 0 Å². The second-order valence-electron chi connectivity index (χ2n) is 5.75. The first kappa shape index (κ1) is 18.5. The van der Waals surface area contributed by atoms with Gasteiger partial charge in [0, 0.05) is 13.1 Å². The summed E-state index contributed by atoms with van der Waals surface area (Å²) < 4.78 is 0. The van der Waals surface area contributed by atoms with Crippen molar-refractivity contribution in [1.82, 2.24) is 4.90 Å². The molecule has 0 aliphatic carbocycles. The number of hydrogen-bond donors (Lipinski definition) is 0. The zero-order chi connectivity index (χ0) is 14.2. The predicted molar refractivity (Wildman–Crippen MR) is 88.5 cm³/mol. The smallest absolute Gasteiger partial charge is 0.0172 e. The van der Waals surface area contributed by atoms with Crippen molar-refractivity contribution in [2.75, 3.05) is 13.1 Å². The van der Waals surface area contributed by atoms with Crippen LogP contribution in [0.15, 0.2) is 12.8 Å². The van der Waals surface area contributed by atoms with Crippen LogP contribution in [0.5, 0.6) is 0 Å². The standard InChI is InChI=1S/C18H37N/c1-4-7-9-11-13-15-17-19(6-3)18-16-14-12-10-8-5-2/h6H,3-5,7-18H2,1-2H3. The summed E-state index contributed by atoms with van der Waals surface area (Å²) in [6.45, 7) is 10.9. The fourth-order valence-corrected chi connectivity index (χ4v) is 2.48. The van der Waals surface area contributed by atoms with E-state index in [1.165, 1.54) is 90.1 Å². The van der Waals surface area contributed by atoms with E-state index in [1.807, 2.05) is 6.20 Å². The van der Waals surface area contributed by atoms with Gasteiger partial charge in [-0.25, -0.2) is 0 Å². The quantitative estimate of drug-likeness (QED) is 0.321. The topological polar surface area (TPSA) is 3.24 Å².